The summed E-state index contributed by atoms with van der Waals surface area (Å²) in [6, 6.07) is 104. The normalized spacial score (nSPS) is 11.7. The molecule has 0 spiro atoms. The predicted molar refractivity (Wildman–Crippen MR) is 340 cm³/mol. The van der Waals surface area contributed by atoms with Crippen molar-refractivity contribution in [3.63, 3.8) is 0 Å². The lowest BCUT2D eigenvalue weighted by Crippen LogP contribution is -2.02. The molecule has 0 amide bonds. The first-order chi connectivity index (χ1) is 40.6. The van der Waals surface area contributed by atoms with Gasteiger partial charge in [-0.25, -0.2) is 15.0 Å². The molecule has 0 bridgehead atoms. The summed E-state index contributed by atoms with van der Waals surface area (Å²) >= 11 is 0. The summed E-state index contributed by atoms with van der Waals surface area (Å²) < 4.78 is 9.04. The molecule has 13 aromatic carbocycles. The molecule has 16 rings (SSSR count). The lowest BCUT2D eigenvalue weighted by molar-refractivity contribution is 0.669. The monoisotopic (exact) mass is 1040 g/mol. The van der Waals surface area contributed by atoms with Gasteiger partial charge in [-0.1, -0.05) is 237 Å². The van der Waals surface area contributed by atoms with Gasteiger partial charge in [0.25, 0.3) is 0 Å². The molecule has 3 aromatic heterocycles. The van der Waals surface area contributed by atoms with E-state index in [0.29, 0.717) is 17.5 Å². The minimum absolute atomic E-state index is 0.562. The molecule has 0 radical (unpaired) electrons. The topological polar surface area (TPSA) is 56.7 Å². The van der Waals surface area contributed by atoms with Gasteiger partial charge in [0.15, 0.2) is 17.5 Å². The van der Waals surface area contributed by atoms with Crippen molar-refractivity contribution in [3.05, 3.63) is 291 Å². The molecule has 0 aliphatic carbocycles. The summed E-state index contributed by atoms with van der Waals surface area (Å²) in [7, 11) is 0. The number of benzene rings is 13. The van der Waals surface area contributed by atoms with Crippen LogP contribution in [0.3, 0.4) is 0 Å². The van der Waals surface area contributed by atoms with Gasteiger partial charge in [-0.3, -0.25) is 0 Å². The zero-order valence-corrected chi connectivity index (χ0v) is 44.4. The highest BCUT2D eigenvalue weighted by Crippen LogP contribution is 2.44. The van der Waals surface area contributed by atoms with Crippen molar-refractivity contribution < 1.29 is 4.42 Å². The number of aromatic nitrogens is 4. The van der Waals surface area contributed by atoms with Crippen molar-refractivity contribution in [1.82, 2.24) is 19.5 Å². The standard InChI is InChI=1S/C77H48N4O/c1-3-14-49(15-4-1)51-26-30-53(31-27-51)55-34-38-57(39-35-55)75-78-76(58-40-36-56(37-41-58)54-32-28-52(29-33-54)50-16-5-2-6-17-50)80-77(79-75)65-43-42-63(48-67(65)64-23-13-25-73-74(64)66-22-11-12-24-72(66)82-73)81-70-46-61-20-9-7-18-59(61)44-68(70)69-45-60-19-8-10-21-62(60)47-71(69)81/h1-48H. The molecule has 5 heteroatoms. The maximum Gasteiger partial charge on any atom is 0.164 e. The third kappa shape index (κ3) is 8.22. The van der Waals surface area contributed by atoms with Gasteiger partial charge in [0.1, 0.15) is 11.2 Å². The van der Waals surface area contributed by atoms with Crippen LogP contribution in [-0.2, 0) is 0 Å². The van der Waals surface area contributed by atoms with Crippen LogP contribution in [0.1, 0.15) is 0 Å². The Balaban J connectivity index is 0.888. The van der Waals surface area contributed by atoms with Crippen molar-refractivity contribution in [1.29, 1.82) is 0 Å². The first-order valence-electron chi connectivity index (χ1n) is 27.8. The van der Waals surface area contributed by atoms with Crippen LogP contribution in [0.25, 0.3) is 161 Å². The molecule has 0 aliphatic rings. The van der Waals surface area contributed by atoms with E-state index in [4.69, 9.17) is 19.4 Å². The van der Waals surface area contributed by atoms with Gasteiger partial charge in [0, 0.05) is 43.9 Å². The number of nitrogens with zero attached hydrogens (tertiary/aromatic N) is 4. The Kier molecular flexibility index (Phi) is 11.1. The molecule has 16 aromatic rings. The summed E-state index contributed by atoms with van der Waals surface area (Å²) in [6.07, 6.45) is 0. The van der Waals surface area contributed by atoms with Crippen molar-refractivity contribution in [2.24, 2.45) is 0 Å². The molecule has 382 valence electrons. The SMILES string of the molecule is c1ccc(-c2ccc(-c3ccc(-c4nc(-c5ccc(-c6ccc(-c7ccccc7)cc6)cc5)nc(-c5ccc(-n6c7cc8ccccc8cc7c7cc8ccccc8cc76)cc5-c5cccc6oc7ccccc7c56)n4)cc3)cc2)cc1. The molecule has 0 unspecified atom stereocenters. The zero-order valence-electron chi connectivity index (χ0n) is 44.4. The van der Waals surface area contributed by atoms with E-state index in [2.05, 4.69) is 284 Å². The molecule has 5 nitrogen and oxygen atoms in total. The van der Waals surface area contributed by atoms with Gasteiger partial charge in [0.05, 0.1) is 11.0 Å². The molecule has 0 aliphatic heterocycles. The van der Waals surface area contributed by atoms with Crippen molar-refractivity contribution >= 4 is 65.3 Å². The first-order valence-corrected chi connectivity index (χ1v) is 27.8. The first kappa shape index (κ1) is 47.0. The Hall–Kier alpha value is -11.0. The van der Waals surface area contributed by atoms with Crippen LogP contribution < -0.4 is 0 Å². The molecular weight excluding hydrogens is 997 g/mol. The maximum absolute atomic E-state index is 6.60. The number of furan rings is 1. The van der Waals surface area contributed by atoms with Crippen LogP contribution in [0, 0.1) is 0 Å². The zero-order chi connectivity index (χ0) is 54.1. The highest BCUT2D eigenvalue weighted by molar-refractivity contribution is 6.17. The highest BCUT2D eigenvalue weighted by atomic mass is 16.3. The molecule has 0 saturated heterocycles. The van der Waals surface area contributed by atoms with Gasteiger partial charge >= 0.3 is 0 Å². The van der Waals surface area contributed by atoms with Gasteiger partial charge in [-0.05, 0) is 132 Å². The van der Waals surface area contributed by atoms with E-state index in [9.17, 15) is 0 Å². The third-order valence-corrected chi connectivity index (χ3v) is 16.3. The Morgan fingerprint density at radius 3 is 1.12 bits per heavy atom. The number of fused-ring (bicyclic) bond motifs is 8. The maximum atomic E-state index is 6.60. The molecule has 0 atom stereocenters. The Bertz CT molecular complexity index is 4870. The van der Waals surface area contributed by atoms with E-state index in [1.165, 1.54) is 54.6 Å². The lowest BCUT2D eigenvalue weighted by Gasteiger charge is -2.16. The van der Waals surface area contributed by atoms with E-state index >= 15 is 0 Å². The minimum Gasteiger partial charge on any atom is -0.456 e. The van der Waals surface area contributed by atoms with E-state index in [0.717, 1.165) is 88.7 Å². The van der Waals surface area contributed by atoms with E-state index in [1.807, 2.05) is 12.1 Å². The van der Waals surface area contributed by atoms with Crippen molar-refractivity contribution in [3.8, 4) is 95.5 Å². The Morgan fingerprint density at radius 1 is 0.244 bits per heavy atom. The summed E-state index contributed by atoms with van der Waals surface area (Å²) in [5, 5.41) is 9.25. The molecule has 0 N–H and O–H groups in total. The third-order valence-electron chi connectivity index (χ3n) is 16.3. The average Bonchev–Trinajstić information content (AvgIpc) is 4.24. The Morgan fingerprint density at radius 2 is 0.634 bits per heavy atom. The second kappa shape index (κ2) is 19.4. The number of hydrogen-bond acceptors (Lipinski definition) is 4. The Labute approximate surface area is 473 Å². The summed E-state index contributed by atoms with van der Waals surface area (Å²) in [6.45, 7) is 0. The van der Waals surface area contributed by atoms with E-state index in [1.54, 1.807) is 0 Å². The second-order valence-corrected chi connectivity index (χ2v) is 21.1. The smallest absolute Gasteiger partial charge is 0.164 e. The quantitative estimate of drug-likeness (QED) is 0.145. The molecular formula is C77H48N4O. The molecule has 0 saturated carbocycles. The minimum atomic E-state index is 0.562. The van der Waals surface area contributed by atoms with E-state index in [-0.39, 0.29) is 0 Å². The predicted octanol–water partition coefficient (Wildman–Crippen LogP) is 20.5. The fourth-order valence-electron chi connectivity index (χ4n) is 12.1. The molecule has 0 fully saturated rings. The van der Waals surface area contributed by atoms with Crippen LogP contribution in [0.15, 0.2) is 296 Å². The summed E-state index contributed by atoms with van der Waals surface area (Å²) in [4.78, 5) is 16.3. The number of hydrogen-bond donors (Lipinski definition) is 0. The lowest BCUT2D eigenvalue weighted by atomic mass is 9.94. The van der Waals surface area contributed by atoms with Gasteiger partial charge in [-0.2, -0.15) is 0 Å². The fourth-order valence-corrected chi connectivity index (χ4v) is 12.1. The summed E-state index contributed by atoms with van der Waals surface area (Å²) in [5.74, 6) is 1.72. The van der Waals surface area contributed by atoms with Gasteiger partial charge in [-0.15, -0.1) is 0 Å². The van der Waals surface area contributed by atoms with Gasteiger partial charge in [0.2, 0.25) is 0 Å². The fraction of sp³-hybridized carbons (Fsp3) is 0. The van der Waals surface area contributed by atoms with Crippen LogP contribution in [0.4, 0.5) is 0 Å². The van der Waals surface area contributed by atoms with Crippen LogP contribution >= 0.6 is 0 Å². The van der Waals surface area contributed by atoms with Crippen LogP contribution in [0.5, 0.6) is 0 Å². The van der Waals surface area contributed by atoms with Crippen molar-refractivity contribution in [2.75, 3.05) is 0 Å². The van der Waals surface area contributed by atoms with E-state index < -0.39 is 0 Å². The molecule has 3 heterocycles. The molecule has 82 heavy (non-hydrogen) atoms. The highest BCUT2D eigenvalue weighted by Gasteiger charge is 2.23. The largest absolute Gasteiger partial charge is 0.456 e. The number of rotatable bonds is 9. The van der Waals surface area contributed by atoms with Gasteiger partial charge < -0.3 is 8.98 Å². The van der Waals surface area contributed by atoms with Crippen LogP contribution in [0.2, 0.25) is 0 Å². The average molecular weight is 1050 g/mol. The van der Waals surface area contributed by atoms with Crippen LogP contribution in [-0.4, -0.2) is 19.5 Å². The van der Waals surface area contributed by atoms with Crippen molar-refractivity contribution in [2.45, 2.75) is 0 Å². The summed E-state index contributed by atoms with van der Waals surface area (Å²) in [5.41, 5.74) is 18.8. The second-order valence-electron chi connectivity index (χ2n) is 21.1. The number of para-hydroxylation sites is 1.